The molecule has 0 radical (unpaired) electrons. The molecule has 31 heavy (non-hydrogen) atoms. The normalized spacial score (nSPS) is 10.1. The van der Waals surface area contributed by atoms with Crippen LogP contribution in [0.4, 0.5) is 9.59 Å². The van der Waals surface area contributed by atoms with Crippen molar-refractivity contribution in [3.8, 4) is 11.5 Å². The fourth-order valence-corrected chi connectivity index (χ4v) is 2.51. The molecule has 0 spiro atoms. The molecule has 160 valence electrons. The fourth-order valence-electron chi connectivity index (χ4n) is 2.51. The first kappa shape index (κ1) is 21.4. The van der Waals surface area contributed by atoms with E-state index in [4.69, 9.17) is 14.2 Å². The Kier molecular flexibility index (Phi) is 7.26. The molecule has 0 aliphatic rings. The molecule has 0 atom stereocenters. The van der Waals surface area contributed by atoms with Gasteiger partial charge in [0.05, 0.1) is 13.3 Å². The number of carbonyl (C=O) groups is 2. The Morgan fingerprint density at radius 2 is 1.61 bits per heavy atom. The van der Waals surface area contributed by atoms with Crippen LogP contribution in [0.3, 0.4) is 0 Å². The quantitative estimate of drug-likeness (QED) is 0.591. The average molecular weight is 423 g/mol. The van der Waals surface area contributed by atoms with Crippen LogP contribution in [0, 0.1) is 0 Å². The summed E-state index contributed by atoms with van der Waals surface area (Å²) in [5.41, 5.74) is 5.60. The van der Waals surface area contributed by atoms with Crippen molar-refractivity contribution in [2.45, 2.75) is 13.2 Å². The minimum atomic E-state index is -0.842. The van der Waals surface area contributed by atoms with E-state index in [0.717, 1.165) is 15.7 Å². The van der Waals surface area contributed by atoms with Crippen LogP contribution in [0.1, 0.15) is 11.1 Å². The first-order valence-electron chi connectivity index (χ1n) is 9.30. The predicted octanol–water partition coefficient (Wildman–Crippen LogP) is 2.84. The lowest BCUT2D eigenvalue weighted by Gasteiger charge is -2.11. The van der Waals surface area contributed by atoms with Gasteiger partial charge in [-0.3, -0.25) is 9.36 Å². The van der Waals surface area contributed by atoms with Crippen LogP contribution in [0.25, 0.3) is 0 Å². The molecule has 9 heteroatoms. The first-order chi connectivity index (χ1) is 15.0. The molecule has 2 amide bonds. The van der Waals surface area contributed by atoms with Gasteiger partial charge in [0.2, 0.25) is 5.43 Å². The van der Waals surface area contributed by atoms with Crippen LogP contribution in [0.5, 0.6) is 11.5 Å². The van der Waals surface area contributed by atoms with Gasteiger partial charge in [0.15, 0.2) is 5.75 Å². The maximum atomic E-state index is 12.2. The lowest BCUT2D eigenvalue weighted by molar-refractivity contribution is 0.135. The van der Waals surface area contributed by atoms with Crippen LogP contribution in [0.2, 0.25) is 0 Å². The van der Waals surface area contributed by atoms with E-state index < -0.39 is 12.1 Å². The number of hydrogen-bond donors (Lipinski definition) is 2. The molecule has 0 fully saturated rings. The van der Waals surface area contributed by atoms with E-state index in [0.29, 0.717) is 5.75 Å². The van der Waals surface area contributed by atoms with Gasteiger partial charge in [0, 0.05) is 12.3 Å². The highest BCUT2D eigenvalue weighted by Crippen LogP contribution is 2.12. The number of hydrazine groups is 1. The largest absolute Gasteiger partial charge is 0.497 e. The van der Waals surface area contributed by atoms with Gasteiger partial charge in [0.25, 0.3) is 0 Å². The lowest BCUT2D eigenvalue weighted by atomic mass is 10.2. The summed E-state index contributed by atoms with van der Waals surface area (Å²) < 4.78 is 16.7. The molecule has 3 aromatic rings. The first-order valence-corrected chi connectivity index (χ1v) is 9.30. The third-order valence-electron chi connectivity index (χ3n) is 4.16. The van der Waals surface area contributed by atoms with Crippen LogP contribution in [-0.4, -0.2) is 23.8 Å². The van der Waals surface area contributed by atoms with E-state index >= 15 is 0 Å². The van der Waals surface area contributed by atoms with Crippen LogP contribution < -0.4 is 25.8 Å². The number of hydrogen-bond acceptors (Lipinski definition) is 6. The summed E-state index contributed by atoms with van der Waals surface area (Å²) in [4.78, 5) is 36.0. The van der Waals surface area contributed by atoms with Gasteiger partial charge in [-0.25, -0.2) is 20.4 Å². The summed E-state index contributed by atoms with van der Waals surface area (Å²) in [5, 5.41) is 0. The lowest BCUT2D eigenvalue weighted by Crippen LogP contribution is -2.44. The summed E-state index contributed by atoms with van der Waals surface area (Å²) >= 11 is 0. The Bertz CT molecular complexity index is 1080. The summed E-state index contributed by atoms with van der Waals surface area (Å²) in [5.74, 6) is 0.692. The van der Waals surface area contributed by atoms with Crippen molar-refractivity contribution in [1.29, 1.82) is 0 Å². The number of nitrogens with zero attached hydrogens (tertiary/aromatic N) is 1. The number of ether oxygens (including phenoxy) is 3. The predicted molar refractivity (Wildman–Crippen MR) is 112 cm³/mol. The molecule has 3 rings (SSSR count). The van der Waals surface area contributed by atoms with Gasteiger partial charge in [-0.2, -0.15) is 0 Å². The number of benzene rings is 2. The van der Waals surface area contributed by atoms with Crippen molar-refractivity contribution in [2.24, 2.45) is 0 Å². The second-order valence-corrected chi connectivity index (χ2v) is 6.33. The zero-order chi connectivity index (χ0) is 22.1. The van der Waals surface area contributed by atoms with Gasteiger partial charge in [0.1, 0.15) is 19.0 Å². The molecule has 0 unspecified atom stereocenters. The molecule has 1 aromatic heterocycles. The number of rotatable bonds is 6. The zero-order valence-electron chi connectivity index (χ0n) is 16.7. The number of methoxy groups -OCH3 is 1. The Balaban J connectivity index is 1.50. The van der Waals surface area contributed by atoms with E-state index in [2.05, 4.69) is 10.9 Å². The monoisotopic (exact) mass is 423 g/mol. The van der Waals surface area contributed by atoms with Crippen molar-refractivity contribution in [1.82, 2.24) is 15.4 Å². The third-order valence-corrected chi connectivity index (χ3v) is 4.16. The van der Waals surface area contributed by atoms with E-state index in [1.165, 1.54) is 18.5 Å². The number of nitrogens with one attached hydrogen (secondary N) is 2. The highest BCUT2D eigenvalue weighted by molar-refractivity contribution is 5.79. The minimum absolute atomic E-state index is 0.00332. The second-order valence-electron chi connectivity index (χ2n) is 6.33. The van der Waals surface area contributed by atoms with Crippen LogP contribution in [0.15, 0.2) is 77.9 Å². The van der Waals surface area contributed by atoms with E-state index in [1.807, 2.05) is 30.3 Å². The highest BCUT2D eigenvalue weighted by atomic mass is 16.6. The van der Waals surface area contributed by atoms with Crippen LogP contribution >= 0.6 is 0 Å². The van der Waals surface area contributed by atoms with Crippen molar-refractivity contribution < 1.29 is 23.8 Å². The Morgan fingerprint density at radius 3 is 2.32 bits per heavy atom. The molecule has 1 heterocycles. The molecular formula is C22H21N3O6. The van der Waals surface area contributed by atoms with Crippen molar-refractivity contribution >= 4 is 12.1 Å². The second kappa shape index (κ2) is 10.5. The summed E-state index contributed by atoms with van der Waals surface area (Å²) in [6, 6.07) is 16.8. The van der Waals surface area contributed by atoms with Gasteiger partial charge >= 0.3 is 12.1 Å². The fraction of sp³-hybridized carbons (Fsp3) is 0.136. The molecule has 0 saturated heterocycles. The highest BCUT2D eigenvalue weighted by Gasteiger charge is 2.10. The SMILES string of the molecule is COc1ccc(COC(=O)NNC(=O)n2ccc(=O)c(OCc3ccccc3)c2)cc1. The van der Waals surface area contributed by atoms with Crippen molar-refractivity contribution in [2.75, 3.05) is 7.11 Å². The standard InChI is InChI=1S/C22H21N3O6/c1-29-18-9-7-17(8-10-18)15-31-22(28)24-23-21(27)25-12-11-19(26)20(13-25)30-14-16-5-3-2-4-6-16/h2-13H,14-15H2,1H3,(H,23,27)(H,24,28). The van der Waals surface area contributed by atoms with Crippen molar-refractivity contribution in [3.63, 3.8) is 0 Å². The molecule has 0 saturated carbocycles. The average Bonchev–Trinajstić information content (AvgIpc) is 2.81. The Hall–Kier alpha value is -4.27. The summed E-state index contributed by atoms with van der Waals surface area (Å²) in [7, 11) is 1.56. The summed E-state index contributed by atoms with van der Waals surface area (Å²) in [6.07, 6.45) is 1.66. The molecular weight excluding hydrogens is 402 g/mol. The van der Waals surface area contributed by atoms with E-state index in [-0.39, 0.29) is 24.4 Å². The molecule has 0 aliphatic heterocycles. The number of amides is 2. The number of aromatic nitrogens is 1. The maximum absolute atomic E-state index is 12.2. The minimum Gasteiger partial charge on any atom is -0.497 e. The van der Waals surface area contributed by atoms with E-state index in [9.17, 15) is 14.4 Å². The van der Waals surface area contributed by atoms with Crippen LogP contribution in [-0.2, 0) is 18.0 Å². The number of pyridine rings is 1. The molecule has 9 nitrogen and oxygen atoms in total. The van der Waals surface area contributed by atoms with Gasteiger partial charge in [-0.05, 0) is 23.3 Å². The number of carbonyl (C=O) groups excluding carboxylic acids is 2. The molecule has 0 bridgehead atoms. The zero-order valence-corrected chi connectivity index (χ0v) is 16.7. The van der Waals surface area contributed by atoms with Gasteiger partial charge < -0.3 is 14.2 Å². The molecule has 0 aliphatic carbocycles. The molecule has 2 N–H and O–H groups in total. The maximum Gasteiger partial charge on any atom is 0.426 e. The van der Waals surface area contributed by atoms with Crippen molar-refractivity contribution in [3.05, 3.63) is 94.4 Å². The summed E-state index contributed by atoms with van der Waals surface area (Å²) in [6.45, 7) is 0.193. The van der Waals surface area contributed by atoms with E-state index in [1.54, 1.807) is 31.4 Å². The third kappa shape index (κ3) is 6.36. The Morgan fingerprint density at radius 1 is 0.903 bits per heavy atom. The smallest absolute Gasteiger partial charge is 0.426 e. The van der Waals surface area contributed by atoms with Gasteiger partial charge in [-0.1, -0.05) is 42.5 Å². The van der Waals surface area contributed by atoms with Gasteiger partial charge in [-0.15, -0.1) is 0 Å². The topological polar surface area (TPSA) is 108 Å². The molecule has 2 aromatic carbocycles. The Labute approximate surface area is 178 Å².